The molecule has 0 bridgehead atoms. The van der Waals surface area contributed by atoms with Gasteiger partial charge < -0.3 is 19.7 Å². The zero-order valence-electron chi connectivity index (χ0n) is 9.69. The number of allylic oxidation sites excluding steroid dienone is 1. The van der Waals surface area contributed by atoms with Crippen LogP contribution in [0, 0.1) is 0 Å². The fourth-order valence-electron chi connectivity index (χ4n) is 0.258. The Morgan fingerprint density at radius 3 is 1.86 bits per heavy atom. The van der Waals surface area contributed by atoms with E-state index < -0.39 is 6.29 Å². The van der Waals surface area contributed by atoms with Gasteiger partial charge in [0.1, 0.15) is 0 Å². The minimum Gasteiger partial charge on any atom is -0.394 e. The van der Waals surface area contributed by atoms with E-state index in [0.717, 1.165) is 0 Å². The lowest BCUT2D eigenvalue weighted by atomic mass is 10.5. The first-order chi connectivity index (χ1) is 6.64. The van der Waals surface area contributed by atoms with Crippen LogP contribution in [0.15, 0.2) is 12.7 Å². The third kappa shape index (κ3) is 41.6. The highest BCUT2D eigenvalue weighted by Crippen LogP contribution is 1.85. The monoisotopic (exact) mass is 208 g/mol. The average Bonchev–Trinajstić information content (AvgIpc) is 2.20. The van der Waals surface area contributed by atoms with Gasteiger partial charge in [-0.05, 0) is 13.3 Å². The Morgan fingerprint density at radius 1 is 1.43 bits per heavy atom. The van der Waals surface area contributed by atoms with Crippen molar-refractivity contribution in [1.29, 1.82) is 0 Å². The zero-order chi connectivity index (χ0) is 11.8. The van der Waals surface area contributed by atoms with Gasteiger partial charge in [0.2, 0.25) is 0 Å². The second kappa shape index (κ2) is 22.9. The summed E-state index contributed by atoms with van der Waals surface area (Å²) in [5, 5.41) is 16.4. The van der Waals surface area contributed by atoms with Crippen molar-refractivity contribution < 1.29 is 19.7 Å². The Hall–Kier alpha value is -0.420. The minimum atomic E-state index is -0.565. The number of aliphatic hydroxyl groups excluding tert-OH is 2. The van der Waals surface area contributed by atoms with Gasteiger partial charge in [-0.15, -0.1) is 6.58 Å². The molecule has 0 amide bonds. The van der Waals surface area contributed by atoms with E-state index >= 15 is 0 Å². The van der Waals surface area contributed by atoms with E-state index in [2.05, 4.69) is 16.1 Å². The van der Waals surface area contributed by atoms with Crippen molar-refractivity contribution in [3.63, 3.8) is 0 Å². The molecule has 0 aliphatic heterocycles. The molecule has 0 spiro atoms. The third-order valence-electron chi connectivity index (χ3n) is 0.917. The normalized spacial score (nSPS) is 10.1. The third-order valence-corrected chi connectivity index (χ3v) is 0.917. The highest BCUT2D eigenvalue weighted by atomic mass is 16.6. The summed E-state index contributed by atoms with van der Waals surface area (Å²) in [4.78, 5) is 0. The van der Waals surface area contributed by atoms with Crippen LogP contribution in [0.4, 0.5) is 0 Å². The first kappa shape index (κ1) is 19.2. The number of aliphatic hydroxyl groups is 2. The summed E-state index contributed by atoms with van der Waals surface area (Å²) < 4.78 is 8.90. The van der Waals surface area contributed by atoms with E-state index in [-0.39, 0.29) is 6.61 Å². The predicted molar refractivity (Wildman–Crippen MR) is 58.1 cm³/mol. The number of rotatable bonds is 4. The molecule has 0 aromatic carbocycles. The van der Waals surface area contributed by atoms with Crippen molar-refractivity contribution in [3.05, 3.63) is 12.7 Å². The SMILES string of the molecule is C=CC.CCC(O)OC.COCCO. The van der Waals surface area contributed by atoms with Gasteiger partial charge in [0.05, 0.1) is 13.2 Å². The van der Waals surface area contributed by atoms with Crippen LogP contribution in [0.3, 0.4) is 0 Å². The molecule has 4 nitrogen and oxygen atoms in total. The van der Waals surface area contributed by atoms with Gasteiger partial charge in [-0.25, -0.2) is 0 Å². The van der Waals surface area contributed by atoms with Gasteiger partial charge >= 0.3 is 0 Å². The van der Waals surface area contributed by atoms with E-state index in [9.17, 15) is 0 Å². The summed E-state index contributed by atoms with van der Waals surface area (Å²) in [6, 6.07) is 0. The summed E-state index contributed by atoms with van der Waals surface area (Å²) >= 11 is 0. The van der Waals surface area contributed by atoms with Gasteiger partial charge in [0, 0.05) is 14.2 Å². The number of methoxy groups -OCH3 is 2. The lowest BCUT2D eigenvalue weighted by Gasteiger charge is -2.00. The summed E-state index contributed by atoms with van der Waals surface area (Å²) in [5.74, 6) is 0. The molecule has 0 saturated heterocycles. The summed E-state index contributed by atoms with van der Waals surface area (Å²) in [5.41, 5.74) is 0. The highest BCUT2D eigenvalue weighted by molar-refractivity contribution is 4.51. The molecule has 0 aliphatic rings. The maximum Gasteiger partial charge on any atom is 0.153 e. The van der Waals surface area contributed by atoms with Crippen molar-refractivity contribution >= 4 is 0 Å². The van der Waals surface area contributed by atoms with Crippen molar-refractivity contribution in [2.45, 2.75) is 26.6 Å². The molecule has 0 aliphatic carbocycles. The molecule has 0 radical (unpaired) electrons. The molecule has 0 aromatic heterocycles. The van der Waals surface area contributed by atoms with Gasteiger partial charge in [0.25, 0.3) is 0 Å². The van der Waals surface area contributed by atoms with Crippen molar-refractivity contribution in [1.82, 2.24) is 0 Å². The Labute approximate surface area is 87.2 Å². The molecular formula is C10H24O4. The molecule has 0 aromatic rings. The van der Waals surface area contributed by atoms with Gasteiger partial charge in [-0.2, -0.15) is 0 Å². The van der Waals surface area contributed by atoms with Gasteiger partial charge in [-0.1, -0.05) is 13.0 Å². The van der Waals surface area contributed by atoms with E-state index in [4.69, 9.17) is 10.2 Å². The predicted octanol–water partition coefficient (Wildman–Crippen LogP) is 1.18. The molecule has 14 heavy (non-hydrogen) atoms. The zero-order valence-corrected chi connectivity index (χ0v) is 9.69. The summed E-state index contributed by atoms with van der Waals surface area (Å²) in [7, 11) is 3.03. The van der Waals surface area contributed by atoms with E-state index in [1.54, 1.807) is 13.2 Å². The van der Waals surface area contributed by atoms with Crippen molar-refractivity contribution in [2.75, 3.05) is 27.4 Å². The molecule has 0 saturated carbocycles. The summed E-state index contributed by atoms with van der Waals surface area (Å²) in [6.07, 6.45) is 1.85. The van der Waals surface area contributed by atoms with Gasteiger partial charge in [-0.3, -0.25) is 0 Å². The van der Waals surface area contributed by atoms with Crippen molar-refractivity contribution in [2.24, 2.45) is 0 Å². The topological polar surface area (TPSA) is 58.9 Å². The largest absolute Gasteiger partial charge is 0.394 e. The second-order valence-corrected chi connectivity index (χ2v) is 2.22. The van der Waals surface area contributed by atoms with Crippen LogP contribution in [0.25, 0.3) is 0 Å². The van der Waals surface area contributed by atoms with Crippen LogP contribution >= 0.6 is 0 Å². The quantitative estimate of drug-likeness (QED) is 0.538. The lowest BCUT2D eigenvalue weighted by molar-refractivity contribution is -0.0748. The van der Waals surface area contributed by atoms with E-state index in [1.807, 2.05) is 13.8 Å². The fraction of sp³-hybridized carbons (Fsp3) is 0.800. The van der Waals surface area contributed by atoms with Crippen LogP contribution in [-0.4, -0.2) is 43.9 Å². The molecular weight excluding hydrogens is 184 g/mol. The fourth-order valence-corrected chi connectivity index (χ4v) is 0.258. The first-order valence-electron chi connectivity index (χ1n) is 4.52. The molecule has 1 atom stereocenters. The highest BCUT2D eigenvalue weighted by Gasteiger charge is 1.90. The van der Waals surface area contributed by atoms with Crippen LogP contribution in [0.1, 0.15) is 20.3 Å². The minimum absolute atomic E-state index is 0.122. The molecule has 0 rings (SSSR count). The molecule has 2 N–H and O–H groups in total. The maximum atomic E-state index is 8.44. The van der Waals surface area contributed by atoms with Crippen LogP contribution in [0.2, 0.25) is 0 Å². The Morgan fingerprint density at radius 2 is 1.86 bits per heavy atom. The first-order valence-corrected chi connectivity index (χ1v) is 4.52. The van der Waals surface area contributed by atoms with E-state index in [0.29, 0.717) is 13.0 Å². The molecule has 0 heterocycles. The number of hydrogen-bond acceptors (Lipinski definition) is 4. The Kier molecular flexibility index (Phi) is 31.4. The molecule has 1 unspecified atom stereocenters. The molecule has 88 valence electrons. The van der Waals surface area contributed by atoms with Crippen molar-refractivity contribution in [3.8, 4) is 0 Å². The Bertz CT molecular complexity index is 80.2. The van der Waals surface area contributed by atoms with Crippen LogP contribution < -0.4 is 0 Å². The van der Waals surface area contributed by atoms with Crippen LogP contribution in [-0.2, 0) is 9.47 Å². The molecule has 4 heteroatoms. The smallest absolute Gasteiger partial charge is 0.153 e. The van der Waals surface area contributed by atoms with Gasteiger partial charge in [0.15, 0.2) is 6.29 Å². The second-order valence-electron chi connectivity index (χ2n) is 2.22. The number of ether oxygens (including phenoxy) is 2. The average molecular weight is 208 g/mol. The lowest BCUT2D eigenvalue weighted by Crippen LogP contribution is -2.05. The Balaban J connectivity index is -0.000000138. The standard InChI is InChI=1S/C4H10O2.C3H8O2.C3H6/c1-3-4(5)6-2;1-5-3-2-4;1-3-2/h4-5H,3H2,1-2H3;4H,2-3H2,1H3;3H,1H2,2H3. The van der Waals surface area contributed by atoms with Crippen LogP contribution in [0.5, 0.6) is 0 Å². The molecule has 0 fully saturated rings. The number of hydrogen-bond donors (Lipinski definition) is 2. The van der Waals surface area contributed by atoms with E-state index in [1.165, 1.54) is 7.11 Å². The maximum absolute atomic E-state index is 8.44. The summed E-state index contributed by atoms with van der Waals surface area (Å²) in [6.45, 7) is 7.67.